The molecule has 0 radical (unpaired) electrons. The lowest BCUT2D eigenvalue weighted by Gasteiger charge is -2.25. The van der Waals surface area contributed by atoms with Crippen molar-refractivity contribution in [1.82, 2.24) is 5.32 Å². The van der Waals surface area contributed by atoms with Crippen molar-refractivity contribution >= 4 is 13.7 Å². The van der Waals surface area contributed by atoms with Crippen LogP contribution in [0.4, 0.5) is 0 Å². The Morgan fingerprint density at radius 1 is 0.483 bits per heavy atom. The fraction of sp³-hybridized carbons (Fsp3) is 0.980. The van der Waals surface area contributed by atoms with Crippen LogP contribution in [0, 0.1) is 0 Å². The highest BCUT2D eigenvalue weighted by atomic mass is 31.2. The van der Waals surface area contributed by atoms with Crippen LogP contribution in [0.3, 0.4) is 0 Å². The molecule has 0 aromatic carbocycles. The molecule has 0 saturated carbocycles. The van der Waals surface area contributed by atoms with Crippen molar-refractivity contribution in [3.8, 4) is 0 Å². The van der Waals surface area contributed by atoms with Gasteiger partial charge in [0.15, 0.2) is 0 Å². The van der Waals surface area contributed by atoms with Gasteiger partial charge in [0.05, 0.1) is 25.4 Å². The molecule has 0 aliphatic rings. The van der Waals surface area contributed by atoms with Crippen molar-refractivity contribution in [1.29, 1.82) is 0 Å². The number of nitrogens with one attached hydrogen (secondary N) is 1. The van der Waals surface area contributed by atoms with E-state index in [0.29, 0.717) is 12.8 Å². The van der Waals surface area contributed by atoms with Crippen LogP contribution in [0.25, 0.3) is 0 Å². The van der Waals surface area contributed by atoms with Crippen molar-refractivity contribution in [3.05, 3.63) is 0 Å². The van der Waals surface area contributed by atoms with Crippen LogP contribution < -0.4 is 11.1 Å². The average Bonchev–Trinajstić information content (AvgIpc) is 3.24. The number of carbonyl (C=O) groups is 1. The summed E-state index contributed by atoms with van der Waals surface area (Å²) in [5.41, 5.74) is 5.40. The quantitative estimate of drug-likeness (QED) is 0.0354. The Kier molecular flexibility index (Phi) is 47.6. The number of aliphatic hydroxyl groups is 1. The molecule has 360 valence electrons. The second-order valence-corrected chi connectivity index (χ2v) is 19.9. The van der Waals surface area contributed by atoms with E-state index in [1.165, 1.54) is 225 Å². The SMILES string of the molecule is CCCCCCCCCCCCCCCCCCCCCCCCCCCCCCC(=O)N[C@@H](COP(=O)(O)OCCN)[C@H](O)CCCCCCCCCCCCCCC. The van der Waals surface area contributed by atoms with Gasteiger partial charge in [-0.05, 0) is 12.8 Å². The van der Waals surface area contributed by atoms with Crippen LogP contribution in [0.2, 0.25) is 0 Å². The number of hydrogen-bond acceptors (Lipinski definition) is 6. The van der Waals surface area contributed by atoms with E-state index in [4.69, 9.17) is 14.8 Å². The summed E-state index contributed by atoms with van der Waals surface area (Å²) in [4.78, 5) is 22.8. The van der Waals surface area contributed by atoms with E-state index in [0.717, 1.165) is 38.5 Å². The van der Waals surface area contributed by atoms with Crippen molar-refractivity contribution < 1.29 is 28.4 Å². The molecule has 0 spiro atoms. The number of unbranched alkanes of at least 4 members (excludes halogenated alkanes) is 39. The third-order valence-corrected chi connectivity index (χ3v) is 13.4. The zero-order valence-electron chi connectivity index (χ0n) is 40.2. The maximum absolute atomic E-state index is 12.8. The number of amides is 1. The molecule has 0 rings (SSSR count). The first-order valence-corrected chi connectivity index (χ1v) is 28.1. The standard InChI is InChI=1S/C51H105N2O6P/c1-3-5-7-9-11-13-15-17-18-19-20-21-22-23-24-25-26-27-28-29-30-31-33-35-37-39-41-43-45-51(55)53-49(48-59-60(56,57)58-47-46-52)50(54)44-42-40-38-36-34-32-16-14-12-10-8-6-4-2/h49-50,54H,3-48,52H2,1-2H3,(H,53,55)(H,56,57)/t49-,50+/m0/s1. The zero-order valence-corrected chi connectivity index (χ0v) is 41.1. The molecule has 0 fully saturated rings. The second kappa shape index (κ2) is 48.0. The van der Waals surface area contributed by atoms with E-state index >= 15 is 0 Å². The van der Waals surface area contributed by atoms with Gasteiger partial charge in [-0.15, -0.1) is 0 Å². The Balaban J connectivity index is 3.86. The summed E-state index contributed by atoms with van der Waals surface area (Å²) in [6.07, 6.45) is 54.3. The summed E-state index contributed by atoms with van der Waals surface area (Å²) in [5, 5.41) is 13.8. The molecular formula is C51H105N2O6P. The molecular weight excluding hydrogens is 768 g/mol. The lowest BCUT2D eigenvalue weighted by molar-refractivity contribution is -0.123. The first-order chi connectivity index (χ1) is 29.4. The van der Waals surface area contributed by atoms with Crippen molar-refractivity contribution in [3.63, 3.8) is 0 Å². The minimum Gasteiger partial charge on any atom is -0.391 e. The van der Waals surface area contributed by atoms with Crippen LogP contribution in [0.15, 0.2) is 0 Å². The lowest BCUT2D eigenvalue weighted by atomic mass is 10.0. The van der Waals surface area contributed by atoms with Gasteiger partial charge in [-0.3, -0.25) is 13.8 Å². The summed E-state index contributed by atoms with van der Waals surface area (Å²) < 4.78 is 22.3. The van der Waals surface area contributed by atoms with Crippen LogP contribution in [0.1, 0.15) is 290 Å². The average molecular weight is 873 g/mol. The molecule has 1 amide bonds. The molecule has 5 N–H and O–H groups in total. The third kappa shape index (κ3) is 45.5. The minimum atomic E-state index is -4.31. The van der Waals surface area contributed by atoms with Crippen molar-refractivity contribution in [2.75, 3.05) is 19.8 Å². The Morgan fingerprint density at radius 2 is 0.767 bits per heavy atom. The lowest BCUT2D eigenvalue weighted by Crippen LogP contribution is -2.46. The van der Waals surface area contributed by atoms with Gasteiger partial charge in [-0.1, -0.05) is 271 Å². The van der Waals surface area contributed by atoms with Crippen LogP contribution in [-0.4, -0.2) is 47.8 Å². The van der Waals surface area contributed by atoms with Gasteiger partial charge in [0.2, 0.25) is 5.91 Å². The van der Waals surface area contributed by atoms with E-state index in [-0.39, 0.29) is 25.7 Å². The zero-order chi connectivity index (χ0) is 43.9. The first kappa shape index (κ1) is 59.5. The summed E-state index contributed by atoms with van der Waals surface area (Å²) in [7, 11) is -4.31. The number of phosphoric acid groups is 1. The summed E-state index contributed by atoms with van der Waals surface area (Å²) in [6.45, 7) is 4.25. The molecule has 9 heteroatoms. The molecule has 0 aliphatic carbocycles. The molecule has 0 heterocycles. The maximum Gasteiger partial charge on any atom is 0.472 e. The summed E-state index contributed by atoms with van der Waals surface area (Å²) in [5.74, 6) is -0.154. The first-order valence-electron chi connectivity index (χ1n) is 26.7. The summed E-state index contributed by atoms with van der Waals surface area (Å²) in [6, 6.07) is -0.768. The van der Waals surface area contributed by atoms with E-state index < -0.39 is 20.0 Å². The Morgan fingerprint density at radius 3 is 1.07 bits per heavy atom. The van der Waals surface area contributed by atoms with Gasteiger partial charge in [-0.2, -0.15) is 0 Å². The highest BCUT2D eigenvalue weighted by Crippen LogP contribution is 2.43. The molecule has 60 heavy (non-hydrogen) atoms. The van der Waals surface area contributed by atoms with Crippen LogP contribution in [0.5, 0.6) is 0 Å². The monoisotopic (exact) mass is 873 g/mol. The third-order valence-electron chi connectivity index (χ3n) is 12.5. The van der Waals surface area contributed by atoms with Crippen molar-refractivity contribution in [2.24, 2.45) is 5.73 Å². The molecule has 0 saturated heterocycles. The molecule has 0 bridgehead atoms. The molecule has 8 nitrogen and oxygen atoms in total. The number of hydrogen-bond donors (Lipinski definition) is 4. The Hall–Kier alpha value is -0.500. The van der Waals surface area contributed by atoms with Gasteiger partial charge in [0.1, 0.15) is 0 Å². The maximum atomic E-state index is 12.8. The van der Waals surface area contributed by atoms with E-state index in [1.807, 2.05) is 0 Å². The molecule has 3 atom stereocenters. The Labute approximate surface area is 373 Å². The minimum absolute atomic E-state index is 0.0927. The number of rotatable bonds is 51. The van der Waals surface area contributed by atoms with Gasteiger partial charge < -0.3 is 21.1 Å². The van der Waals surface area contributed by atoms with E-state index in [2.05, 4.69) is 19.2 Å². The molecule has 1 unspecified atom stereocenters. The number of carbonyl (C=O) groups excluding carboxylic acids is 1. The fourth-order valence-electron chi connectivity index (χ4n) is 8.44. The van der Waals surface area contributed by atoms with E-state index in [1.54, 1.807) is 0 Å². The number of nitrogens with two attached hydrogens (primary N) is 1. The van der Waals surface area contributed by atoms with Gasteiger partial charge in [0, 0.05) is 13.0 Å². The van der Waals surface area contributed by atoms with Crippen molar-refractivity contribution in [2.45, 2.75) is 302 Å². The van der Waals surface area contributed by atoms with E-state index in [9.17, 15) is 19.4 Å². The largest absolute Gasteiger partial charge is 0.472 e. The summed E-state index contributed by atoms with van der Waals surface area (Å²) >= 11 is 0. The van der Waals surface area contributed by atoms with Gasteiger partial charge >= 0.3 is 7.82 Å². The topological polar surface area (TPSA) is 131 Å². The number of phosphoric ester groups is 1. The van der Waals surface area contributed by atoms with Gasteiger partial charge in [0.25, 0.3) is 0 Å². The molecule has 0 aromatic heterocycles. The molecule has 0 aliphatic heterocycles. The van der Waals surface area contributed by atoms with Crippen LogP contribution >= 0.6 is 7.82 Å². The fourth-order valence-corrected chi connectivity index (χ4v) is 9.19. The highest BCUT2D eigenvalue weighted by molar-refractivity contribution is 7.47. The predicted molar refractivity (Wildman–Crippen MR) is 259 cm³/mol. The molecule has 0 aromatic rings. The smallest absolute Gasteiger partial charge is 0.391 e. The second-order valence-electron chi connectivity index (χ2n) is 18.5. The Bertz CT molecular complexity index is 911. The normalized spacial score (nSPS) is 13.8. The number of aliphatic hydroxyl groups excluding tert-OH is 1. The predicted octanol–water partition coefficient (Wildman–Crippen LogP) is 15.7. The highest BCUT2D eigenvalue weighted by Gasteiger charge is 2.27. The van der Waals surface area contributed by atoms with Gasteiger partial charge in [-0.25, -0.2) is 4.57 Å². The van der Waals surface area contributed by atoms with Crippen LogP contribution in [-0.2, 0) is 18.4 Å².